The third-order valence-electron chi connectivity index (χ3n) is 5.31. The quantitative estimate of drug-likeness (QED) is 0.507. The summed E-state index contributed by atoms with van der Waals surface area (Å²) in [7, 11) is 0. The number of hydrogen-bond acceptors (Lipinski definition) is 7. The Morgan fingerprint density at radius 3 is 2.70 bits per heavy atom. The summed E-state index contributed by atoms with van der Waals surface area (Å²) in [5, 5.41) is 7.76. The van der Waals surface area contributed by atoms with Gasteiger partial charge in [0.1, 0.15) is 11.6 Å². The molecule has 0 saturated carbocycles. The zero-order valence-electron chi connectivity index (χ0n) is 16.7. The first-order valence-corrected chi connectivity index (χ1v) is 9.94. The fourth-order valence-electron chi connectivity index (χ4n) is 3.55. The number of pyridine rings is 1. The van der Waals surface area contributed by atoms with Crippen LogP contribution in [0, 0.1) is 6.92 Å². The van der Waals surface area contributed by atoms with Crippen molar-refractivity contribution < 1.29 is 4.74 Å². The minimum Gasteiger partial charge on any atom is -0.398 e. The highest BCUT2D eigenvalue weighted by Crippen LogP contribution is 2.27. The van der Waals surface area contributed by atoms with Gasteiger partial charge in [-0.3, -0.25) is 0 Å². The van der Waals surface area contributed by atoms with Crippen molar-refractivity contribution in [3.63, 3.8) is 0 Å². The molecule has 0 aliphatic carbocycles. The molecule has 0 radical (unpaired) electrons. The number of nitrogens with two attached hydrogens (primary N) is 1. The van der Waals surface area contributed by atoms with Gasteiger partial charge in [-0.25, -0.2) is 9.97 Å². The van der Waals surface area contributed by atoms with E-state index in [0.717, 1.165) is 71.8 Å². The van der Waals surface area contributed by atoms with Gasteiger partial charge in [0.15, 0.2) is 5.65 Å². The zero-order chi connectivity index (χ0) is 20.5. The average Bonchev–Trinajstić information content (AvgIpc) is 3.26. The summed E-state index contributed by atoms with van der Waals surface area (Å²) in [6, 6.07) is 13.9. The van der Waals surface area contributed by atoms with Gasteiger partial charge < -0.3 is 20.7 Å². The predicted octanol–water partition coefficient (Wildman–Crippen LogP) is 3.26. The van der Waals surface area contributed by atoms with Crippen molar-refractivity contribution in [3.05, 3.63) is 60.4 Å². The van der Waals surface area contributed by atoms with Crippen LogP contribution in [-0.4, -0.2) is 45.9 Å². The number of anilines is 4. The fourth-order valence-corrected chi connectivity index (χ4v) is 3.55. The molecule has 1 fully saturated rings. The lowest BCUT2D eigenvalue weighted by Gasteiger charge is -2.28. The molecule has 8 nitrogen and oxygen atoms in total. The van der Waals surface area contributed by atoms with E-state index in [4.69, 9.17) is 15.5 Å². The molecule has 3 aromatic heterocycles. The van der Waals surface area contributed by atoms with Crippen molar-refractivity contribution in [3.8, 4) is 11.3 Å². The van der Waals surface area contributed by atoms with Crippen molar-refractivity contribution in [1.82, 2.24) is 19.6 Å². The number of ether oxygens (including phenoxy) is 1. The smallest absolute Gasteiger partial charge is 0.157 e. The number of nitrogens with one attached hydrogen (secondary N) is 1. The Balaban J connectivity index is 1.46. The highest BCUT2D eigenvalue weighted by molar-refractivity contribution is 5.71. The lowest BCUT2D eigenvalue weighted by atomic mass is 10.1. The van der Waals surface area contributed by atoms with E-state index in [2.05, 4.69) is 26.4 Å². The van der Waals surface area contributed by atoms with Gasteiger partial charge in [-0.2, -0.15) is 9.61 Å². The third kappa shape index (κ3) is 3.53. The van der Waals surface area contributed by atoms with Crippen molar-refractivity contribution in [2.24, 2.45) is 0 Å². The number of rotatable bonds is 4. The van der Waals surface area contributed by atoms with Crippen molar-refractivity contribution >= 4 is 28.7 Å². The fraction of sp³-hybridized carbons (Fsp3) is 0.227. The van der Waals surface area contributed by atoms with E-state index in [9.17, 15) is 0 Å². The lowest BCUT2D eigenvalue weighted by Crippen LogP contribution is -2.36. The number of morpholine rings is 1. The molecule has 30 heavy (non-hydrogen) atoms. The number of fused-ring (bicyclic) bond motifs is 1. The van der Waals surface area contributed by atoms with E-state index in [1.807, 2.05) is 49.5 Å². The molecular formula is C22H23N7O. The van der Waals surface area contributed by atoms with E-state index < -0.39 is 0 Å². The Morgan fingerprint density at radius 2 is 1.93 bits per heavy atom. The molecule has 1 aliphatic heterocycles. The molecule has 3 N–H and O–H groups in total. The van der Waals surface area contributed by atoms with Crippen LogP contribution in [-0.2, 0) is 4.74 Å². The summed E-state index contributed by atoms with van der Waals surface area (Å²) in [5.74, 6) is 1.52. The number of nitrogens with zero attached hydrogens (tertiary/aromatic N) is 5. The third-order valence-corrected chi connectivity index (χ3v) is 5.31. The molecular weight excluding hydrogens is 378 g/mol. The van der Waals surface area contributed by atoms with Crippen molar-refractivity contribution in [2.75, 3.05) is 42.3 Å². The van der Waals surface area contributed by atoms with Gasteiger partial charge in [0.25, 0.3) is 0 Å². The maximum atomic E-state index is 6.11. The summed E-state index contributed by atoms with van der Waals surface area (Å²) >= 11 is 0. The van der Waals surface area contributed by atoms with Gasteiger partial charge in [-0.1, -0.05) is 12.1 Å². The molecule has 5 rings (SSSR count). The van der Waals surface area contributed by atoms with Crippen LogP contribution in [0.15, 0.2) is 54.9 Å². The standard InChI is InChI=1S/C22H23N7O/c1-15-2-3-16(12-18(15)23)19-13-22(29-21(26-19)6-7-25-29)27-20-5-4-17(14-24-20)28-8-10-30-11-9-28/h2-7,12-14H,8-11,23H2,1H3,(H,24,27). The minimum atomic E-state index is 0.740. The second kappa shape index (κ2) is 7.64. The van der Waals surface area contributed by atoms with E-state index >= 15 is 0 Å². The predicted molar refractivity (Wildman–Crippen MR) is 118 cm³/mol. The summed E-state index contributed by atoms with van der Waals surface area (Å²) in [4.78, 5) is 11.6. The van der Waals surface area contributed by atoms with Crippen LogP contribution in [0.3, 0.4) is 0 Å². The molecule has 0 atom stereocenters. The first-order valence-electron chi connectivity index (χ1n) is 9.94. The molecule has 0 unspecified atom stereocenters. The molecule has 4 heterocycles. The summed E-state index contributed by atoms with van der Waals surface area (Å²) in [5.41, 5.74) is 11.5. The zero-order valence-corrected chi connectivity index (χ0v) is 16.7. The van der Waals surface area contributed by atoms with Crippen LogP contribution in [0.2, 0.25) is 0 Å². The van der Waals surface area contributed by atoms with E-state index in [0.29, 0.717) is 0 Å². The molecule has 0 bridgehead atoms. The van der Waals surface area contributed by atoms with Crippen LogP contribution in [0.25, 0.3) is 16.9 Å². The molecule has 1 aliphatic rings. The van der Waals surface area contributed by atoms with Gasteiger partial charge in [-0.15, -0.1) is 0 Å². The lowest BCUT2D eigenvalue weighted by molar-refractivity contribution is 0.122. The number of benzene rings is 1. The highest BCUT2D eigenvalue weighted by Gasteiger charge is 2.13. The topological polar surface area (TPSA) is 93.6 Å². The molecule has 1 saturated heterocycles. The second-order valence-electron chi connectivity index (χ2n) is 7.33. The Morgan fingerprint density at radius 1 is 1.07 bits per heavy atom. The van der Waals surface area contributed by atoms with Crippen LogP contribution in [0.1, 0.15) is 5.56 Å². The normalized spacial score (nSPS) is 14.2. The van der Waals surface area contributed by atoms with Gasteiger partial charge in [-0.05, 0) is 30.7 Å². The highest BCUT2D eigenvalue weighted by atomic mass is 16.5. The molecule has 4 aromatic rings. The summed E-state index contributed by atoms with van der Waals surface area (Å²) < 4.78 is 7.18. The van der Waals surface area contributed by atoms with Crippen LogP contribution >= 0.6 is 0 Å². The number of hydrogen-bond donors (Lipinski definition) is 2. The van der Waals surface area contributed by atoms with Gasteiger partial charge >= 0.3 is 0 Å². The number of aromatic nitrogens is 4. The van der Waals surface area contributed by atoms with Crippen LogP contribution in [0.4, 0.5) is 23.0 Å². The van der Waals surface area contributed by atoms with Crippen molar-refractivity contribution in [2.45, 2.75) is 6.92 Å². The molecule has 0 amide bonds. The molecule has 8 heteroatoms. The summed E-state index contributed by atoms with van der Waals surface area (Å²) in [6.07, 6.45) is 3.62. The van der Waals surface area contributed by atoms with Crippen LogP contribution in [0.5, 0.6) is 0 Å². The maximum Gasteiger partial charge on any atom is 0.157 e. The first-order chi connectivity index (χ1) is 14.7. The Hall–Kier alpha value is -3.65. The second-order valence-corrected chi connectivity index (χ2v) is 7.33. The Kier molecular flexibility index (Phi) is 4.68. The largest absolute Gasteiger partial charge is 0.398 e. The number of nitrogen functional groups attached to an aromatic ring is 1. The number of aryl methyl sites for hydroxylation is 1. The Bertz CT molecular complexity index is 1180. The molecule has 1 aromatic carbocycles. The van der Waals surface area contributed by atoms with E-state index in [1.54, 1.807) is 10.7 Å². The van der Waals surface area contributed by atoms with E-state index in [-0.39, 0.29) is 0 Å². The van der Waals surface area contributed by atoms with Crippen LogP contribution < -0.4 is 16.0 Å². The maximum absolute atomic E-state index is 6.11. The average molecular weight is 401 g/mol. The first kappa shape index (κ1) is 18.4. The van der Waals surface area contributed by atoms with Gasteiger partial charge in [0.2, 0.25) is 0 Å². The van der Waals surface area contributed by atoms with Gasteiger partial charge in [0.05, 0.1) is 37.0 Å². The molecule has 152 valence electrons. The Labute approximate surface area is 174 Å². The SMILES string of the molecule is Cc1ccc(-c2cc(Nc3ccc(N4CCOCC4)cn3)n3nccc3n2)cc1N. The van der Waals surface area contributed by atoms with E-state index in [1.165, 1.54) is 0 Å². The van der Waals surface area contributed by atoms with Crippen molar-refractivity contribution in [1.29, 1.82) is 0 Å². The monoisotopic (exact) mass is 401 g/mol. The summed E-state index contributed by atoms with van der Waals surface area (Å²) in [6.45, 7) is 5.26. The minimum absolute atomic E-state index is 0.740. The van der Waals surface area contributed by atoms with Gasteiger partial charge in [0, 0.05) is 36.5 Å². The molecule has 0 spiro atoms.